The van der Waals surface area contributed by atoms with Crippen molar-refractivity contribution in [2.45, 2.75) is 13.8 Å². The molecule has 25 heavy (non-hydrogen) atoms. The predicted molar refractivity (Wildman–Crippen MR) is 94.5 cm³/mol. The third-order valence-electron chi connectivity index (χ3n) is 3.85. The summed E-state index contributed by atoms with van der Waals surface area (Å²) in [6.07, 6.45) is 2.76. The average molecular weight is 336 g/mol. The summed E-state index contributed by atoms with van der Waals surface area (Å²) < 4.78 is 0. The van der Waals surface area contributed by atoms with E-state index in [9.17, 15) is 14.7 Å². The lowest BCUT2D eigenvalue weighted by atomic mass is 10.0. The highest BCUT2D eigenvalue weighted by molar-refractivity contribution is 6.08. The number of aromatic amines is 1. The van der Waals surface area contributed by atoms with Gasteiger partial charge in [0.15, 0.2) is 0 Å². The number of anilines is 1. The smallest absolute Gasteiger partial charge is 0.338 e. The summed E-state index contributed by atoms with van der Waals surface area (Å²) in [6, 6.07) is 5.42. The van der Waals surface area contributed by atoms with E-state index in [1.807, 2.05) is 19.1 Å². The molecule has 0 spiro atoms. The first-order chi connectivity index (χ1) is 11.9. The van der Waals surface area contributed by atoms with E-state index in [0.29, 0.717) is 33.6 Å². The van der Waals surface area contributed by atoms with Gasteiger partial charge in [-0.05, 0) is 25.5 Å². The Morgan fingerprint density at radius 2 is 2.04 bits per heavy atom. The van der Waals surface area contributed by atoms with Crippen LogP contribution >= 0.6 is 0 Å². The fourth-order valence-electron chi connectivity index (χ4n) is 2.48. The number of carboxylic acid groups (broad SMARTS) is 1. The maximum Gasteiger partial charge on any atom is 0.338 e. The molecule has 0 fully saturated rings. The summed E-state index contributed by atoms with van der Waals surface area (Å²) >= 11 is 0. The van der Waals surface area contributed by atoms with Crippen LogP contribution in [0.4, 0.5) is 5.69 Å². The number of amides is 1. The van der Waals surface area contributed by atoms with E-state index in [2.05, 4.69) is 26.8 Å². The molecule has 0 atom stereocenters. The largest absolute Gasteiger partial charge is 0.478 e. The Bertz CT molecular complexity index is 1020. The number of benzene rings is 1. The molecule has 0 aliphatic rings. The summed E-state index contributed by atoms with van der Waals surface area (Å²) in [5, 5.41) is 12.6. The second kappa shape index (κ2) is 6.20. The second-order valence-corrected chi connectivity index (χ2v) is 5.72. The summed E-state index contributed by atoms with van der Waals surface area (Å²) in [4.78, 5) is 34.5. The number of carbonyl (C=O) groups is 2. The van der Waals surface area contributed by atoms with Crippen molar-refractivity contribution in [1.29, 1.82) is 0 Å². The third kappa shape index (κ3) is 2.99. The van der Waals surface area contributed by atoms with Crippen molar-refractivity contribution < 1.29 is 14.7 Å². The molecule has 0 radical (unpaired) electrons. The zero-order chi connectivity index (χ0) is 18.1. The zero-order valence-electron chi connectivity index (χ0n) is 13.8. The first-order valence-electron chi connectivity index (χ1n) is 7.51. The molecule has 3 N–H and O–H groups in total. The molecule has 0 unspecified atom stereocenters. The van der Waals surface area contributed by atoms with Crippen molar-refractivity contribution in [2.75, 3.05) is 5.32 Å². The Kier molecular flexibility index (Phi) is 4.06. The van der Waals surface area contributed by atoms with Crippen LogP contribution in [-0.4, -0.2) is 31.9 Å². The number of H-pyrrole nitrogens is 1. The predicted octanol–water partition coefficient (Wildman–Crippen LogP) is 3.15. The number of hydrogen-bond acceptors (Lipinski definition) is 4. The monoisotopic (exact) mass is 336 g/mol. The van der Waals surface area contributed by atoms with Gasteiger partial charge in [0, 0.05) is 23.0 Å². The second-order valence-electron chi connectivity index (χ2n) is 5.72. The van der Waals surface area contributed by atoms with Crippen molar-refractivity contribution >= 4 is 28.6 Å². The molecule has 1 aromatic carbocycles. The van der Waals surface area contributed by atoms with Crippen molar-refractivity contribution in [1.82, 2.24) is 15.0 Å². The molecule has 3 rings (SSSR count). The standard InChI is InChI=1S/C18H16N4O3/c1-9(2)17(23)22-13-6-11(5-4-10(13)3)15-14-12(18(24)25)7-19-16(14)21-8-20-15/h4-8H,1H2,2-3H3,(H,22,23)(H,24,25)(H,19,20,21). The molecule has 0 aliphatic heterocycles. The van der Waals surface area contributed by atoms with Crippen molar-refractivity contribution in [3.05, 3.63) is 54.0 Å². The number of rotatable bonds is 4. The van der Waals surface area contributed by atoms with Gasteiger partial charge in [-0.2, -0.15) is 0 Å². The normalized spacial score (nSPS) is 10.6. The molecule has 1 amide bonds. The molecule has 2 aromatic heterocycles. The summed E-state index contributed by atoms with van der Waals surface area (Å²) in [5.74, 6) is -1.34. The van der Waals surface area contributed by atoms with Crippen molar-refractivity contribution in [3.63, 3.8) is 0 Å². The molecule has 2 heterocycles. The molecule has 126 valence electrons. The minimum atomic E-state index is -1.06. The van der Waals surface area contributed by atoms with E-state index in [0.717, 1.165) is 5.56 Å². The van der Waals surface area contributed by atoms with Gasteiger partial charge in [0.25, 0.3) is 5.91 Å². The molecule has 0 saturated carbocycles. The molecule has 0 aliphatic carbocycles. The number of aryl methyl sites for hydroxylation is 1. The van der Waals surface area contributed by atoms with Gasteiger partial charge in [-0.25, -0.2) is 14.8 Å². The van der Waals surface area contributed by atoms with E-state index in [1.165, 1.54) is 12.5 Å². The molecule has 7 heteroatoms. The van der Waals surface area contributed by atoms with Crippen LogP contribution in [0.25, 0.3) is 22.3 Å². The quantitative estimate of drug-likeness (QED) is 0.634. The van der Waals surface area contributed by atoms with E-state index >= 15 is 0 Å². The van der Waals surface area contributed by atoms with Gasteiger partial charge in [-0.3, -0.25) is 4.79 Å². The molecule has 0 saturated heterocycles. The van der Waals surface area contributed by atoms with E-state index in [-0.39, 0.29) is 11.5 Å². The Hall–Kier alpha value is -3.48. The van der Waals surface area contributed by atoms with Crippen LogP contribution in [0.3, 0.4) is 0 Å². The minimum Gasteiger partial charge on any atom is -0.478 e. The number of aromatic nitrogens is 3. The lowest BCUT2D eigenvalue weighted by molar-refractivity contribution is -0.112. The van der Waals surface area contributed by atoms with Gasteiger partial charge in [-0.1, -0.05) is 18.7 Å². The number of fused-ring (bicyclic) bond motifs is 1. The zero-order valence-corrected chi connectivity index (χ0v) is 13.8. The van der Waals surface area contributed by atoms with E-state index < -0.39 is 5.97 Å². The number of carbonyl (C=O) groups excluding carboxylic acids is 1. The summed E-state index contributed by atoms with van der Waals surface area (Å²) in [7, 11) is 0. The molecule has 0 bridgehead atoms. The number of hydrogen-bond donors (Lipinski definition) is 3. The van der Waals surface area contributed by atoms with Crippen LogP contribution in [0.2, 0.25) is 0 Å². The topological polar surface area (TPSA) is 108 Å². The fourth-order valence-corrected chi connectivity index (χ4v) is 2.48. The Balaban J connectivity index is 2.16. The molecule has 3 aromatic rings. The minimum absolute atomic E-state index is 0.0960. The van der Waals surface area contributed by atoms with Crippen LogP contribution in [0.15, 0.2) is 42.9 Å². The molecular formula is C18H16N4O3. The van der Waals surface area contributed by atoms with E-state index in [1.54, 1.807) is 13.0 Å². The van der Waals surface area contributed by atoms with Crippen LogP contribution in [0, 0.1) is 6.92 Å². The van der Waals surface area contributed by atoms with Crippen molar-refractivity contribution in [2.24, 2.45) is 0 Å². The summed E-state index contributed by atoms with van der Waals surface area (Å²) in [5.41, 5.74) is 3.58. The Labute approximate surface area is 143 Å². The lowest BCUT2D eigenvalue weighted by Crippen LogP contribution is -2.12. The first kappa shape index (κ1) is 16.4. The first-order valence-corrected chi connectivity index (χ1v) is 7.51. The maximum absolute atomic E-state index is 11.9. The van der Waals surface area contributed by atoms with Crippen LogP contribution in [0.1, 0.15) is 22.8 Å². The van der Waals surface area contributed by atoms with Crippen LogP contribution in [-0.2, 0) is 4.79 Å². The van der Waals surface area contributed by atoms with Crippen LogP contribution < -0.4 is 5.32 Å². The Morgan fingerprint density at radius 3 is 2.72 bits per heavy atom. The van der Waals surface area contributed by atoms with Crippen molar-refractivity contribution in [3.8, 4) is 11.3 Å². The van der Waals surface area contributed by atoms with Gasteiger partial charge >= 0.3 is 5.97 Å². The fraction of sp³-hybridized carbons (Fsp3) is 0.111. The molecular weight excluding hydrogens is 320 g/mol. The van der Waals surface area contributed by atoms with Gasteiger partial charge in [0.05, 0.1) is 16.6 Å². The number of aromatic carboxylic acids is 1. The number of nitrogens with one attached hydrogen (secondary N) is 2. The highest BCUT2D eigenvalue weighted by Crippen LogP contribution is 2.31. The average Bonchev–Trinajstić information content (AvgIpc) is 3.01. The molecule has 7 nitrogen and oxygen atoms in total. The van der Waals surface area contributed by atoms with Gasteiger partial charge < -0.3 is 15.4 Å². The highest BCUT2D eigenvalue weighted by Gasteiger charge is 2.18. The highest BCUT2D eigenvalue weighted by atomic mass is 16.4. The number of nitrogens with zero attached hydrogens (tertiary/aromatic N) is 2. The van der Waals surface area contributed by atoms with Gasteiger partial charge in [0.1, 0.15) is 12.0 Å². The van der Waals surface area contributed by atoms with Gasteiger partial charge in [-0.15, -0.1) is 0 Å². The third-order valence-corrected chi connectivity index (χ3v) is 3.85. The summed E-state index contributed by atoms with van der Waals surface area (Å²) in [6.45, 7) is 7.12. The van der Waals surface area contributed by atoms with Gasteiger partial charge in [0.2, 0.25) is 0 Å². The number of carboxylic acids is 1. The Morgan fingerprint density at radius 1 is 1.28 bits per heavy atom. The lowest BCUT2D eigenvalue weighted by Gasteiger charge is -2.11. The van der Waals surface area contributed by atoms with Crippen LogP contribution in [0.5, 0.6) is 0 Å². The maximum atomic E-state index is 11.9. The van der Waals surface area contributed by atoms with E-state index in [4.69, 9.17) is 0 Å². The SMILES string of the molecule is C=C(C)C(=O)Nc1cc(-c2ncnc3[nH]cc(C(=O)O)c23)ccc1C.